The standard InChI is InChI=1S/C56H40N2O6/c1-33-7-3-5-9-47(33)57(41-15-17-49-55(29-41)61-21-19-59-49)39-13-11-35-25-43-45-31-54-46(32-53(45)63-51(43)27-37(35)23-39)44-26-36-12-14-40(24-38(36)28-52(44)64-54)58(48-10-6-4-8-34(48)2)42-16-18-50-56(30-42)62-22-20-60-50/h3-18,23-32H,19-22H2,1-2H3. The van der Waals surface area contributed by atoms with Gasteiger partial charge in [-0.15, -0.1) is 0 Å². The largest absolute Gasteiger partial charge is 0.486 e. The fraction of sp³-hybridized carbons (Fsp3) is 0.107. The zero-order valence-corrected chi connectivity index (χ0v) is 35.2. The normalized spacial score (nSPS) is 13.4. The molecule has 2 aromatic heterocycles. The number of nitrogens with zero attached hydrogens (tertiary/aromatic N) is 2. The Labute approximate surface area is 367 Å². The molecule has 11 aromatic rings. The van der Waals surface area contributed by atoms with Gasteiger partial charge < -0.3 is 37.6 Å². The zero-order valence-electron chi connectivity index (χ0n) is 35.2. The Kier molecular flexibility index (Phi) is 8.12. The number of fused-ring (bicyclic) bond motifs is 10. The highest BCUT2D eigenvalue weighted by molar-refractivity contribution is 6.18. The van der Waals surface area contributed by atoms with Crippen LogP contribution >= 0.6 is 0 Å². The number of rotatable bonds is 6. The lowest BCUT2D eigenvalue weighted by molar-refractivity contribution is 0.171. The molecule has 0 radical (unpaired) electrons. The molecule has 0 bridgehead atoms. The summed E-state index contributed by atoms with van der Waals surface area (Å²) in [5.74, 6) is 3.04. The van der Waals surface area contributed by atoms with E-state index in [-0.39, 0.29) is 0 Å². The van der Waals surface area contributed by atoms with Crippen LogP contribution in [-0.2, 0) is 0 Å². The minimum absolute atomic E-state index is 0.531. The van der Waals surface area contributed by atoms with E-state index in [4.69, 9.17) is 27.8 Å². The molecule has 310 valence electrons. The highest BCUT2D eigenvalue weighted by Crippen LogP contribution is 2.46. The van der Waals surface area contributed by atoms with Crippen LogP contribution in [0.1, 0.15) is 11.1 Å². The Morgan fingerprint density at radius 2 is 0.703 bits per heavy atom. The van der Waals surface area contributed by atoms with E-state index in [0.717, 1.165) is 134 Å². The summed E-state index contributed by atoms with van der Waals surface area (Å²) in [6.45, 7) is 6.45. The number of ether oxygens (including phenoxy) is 4. The van der Waals surface area contributed by atoms with Crippen molar-refractivity contribution < 1.29 is 27.8 Å². The van der Waals surface area contributed by atoms with E-state index in [1.807, 2.05) is 12.1 Å². The van der Waals surface area contributed by atoms with Gasteiger partial charge in [0.25, 0.3) is 0 Å². The Balaban J connectivity index is 0.895. The topological polar surface area (TPSA) is 69.7 Å². The summed E-state index contributed by atoms with van der Waals surface area (Å²) in [4.78, 5) is 4.56. The molecule has 0 spiro atoms. The average Bonchev–Trinajstić information content (AvgIpc) is 3.85. The molecule has 2 aliphatic rings. The first-order valence-electron chi connectivity index (χ1n) is 21.7. The summed E-state index contributed by atoms with van der Waals surface area (Å²) in [5.41, 5.74) is 11.9. The van der Waals surface area contributed by atoms with Crippen molar-refractivity contribution in [2.75, 3.05) is 36.2 Å². The lowest BCUT2D eigenvalue weighted by atomic mass is 10.0. The molecular formula is C56H40N2O6. The van der Waals surface area contributed by atoms with Gasteiger partial charge in [-0.1, -0.05) is 48.5 Å². The first kappa shape index (κ1) is 36.5. The van der Waals surface area contributed by atoms with Crippen molar-refractivity contribution in [3.8, 4) is 23.0 Å². The molecule has 64 heavy (non-hydrogen) atoms. The molecule has 9 aromatic carbocycles. The van der Waals surface area contributed by atoms with Crippen LogP contribution in [0.5, 0.6) is 23.0 Å². The summed E-state index contributed by atoms with van der Waals surface area (Å²) < 4.78 is 37.1. The molecule has 0 amide bonds. The van der Waals surface area contributed by atoms with Gasteiger partial charge in [0.05, 0.1) is 11.4 Å². The second kappa shape index (κ2) is 14.2. The molecule has 8 heteroatoms. The van der Waals surface area contributed by atoms with Crippen LogP contribution in [0.4, 0.5) is 34.1 Å². The number of benzene rings is 9. The molecule has 0 N–H and O–H groups in total. The van der Waals surface area contributed by atoms with Gasteiger partial charge in [-0.05, 0) is 144 Å². The van der Waals surface area contributed by atoms with Crippen LogP contribution in [0.2, 0.25) is 0 Å². The predicted octanol–water partition coefficient (Wildman–Crippen LogP) is 14.9. The number of para-hydroxylation sites is 2. The van der Waals surface area contributed by atoms with Crippen LogP contribution in [0.3, 0.4) is 0 Å². The summed E-state index contributed by atoms with van der Waals surface area (Å²) in [5, 5.41) is 8.53. The van der Waals surface area contributed by atoms with Gasteiger partial charge in [0.2, 0.25) is 0 Å². The summed E-state index contributed by atoms with van der Waals surface area (Å²) in [6.07, 6.45) is 0. The summed E-state index contributed by atoms with van der Waals surface area (Å²) >= 11 is 0. The van der Waals surface area contributed by atoms with Crippen molar-refractivity contribution >= 4 is 99.5 Å². The number of hydrogen-bond acceptors (Lipinski definition) is 8. The van der Waals surface area contributed by atoms with E-state index >= 15 is 0 Å². The number of furan rings is 2. The molecule has 0 atom stereocenters. The van der Waals surface area contributed by atoms with Crippen molar-refractivity contribution in [2.45, 2.75) is 13.8 Å². The molecule has 8 nitrogen and oxygen atoms in total. The summed E-state index contributed by atoms with van der Waals surface area (Å²) in [7, 11) is 0. The highest BCUT2D eigenvalue weighted by atomic mass is 16.6. The lowest BCUT2D eigenvalue weighted by Gasteiger charge is -2.28. The van der Waals surface area contributed by atoms with E-state index in [1.54, 1.807) is 0 Å². The molecule has 0 fully saturated rings. The Morgan fingerprint density at radius 3 is 1.16 bits per heavy atom. The van der Waals surface area contributed by atoms with E-state index < -0.39 is 0 Å². The number of aryl methyl sites for hydroxylation is 2. The van der Waals surface area contributed by atoms with E-state index in [0.29, 0.717) is 26.4 Å². The molecule has 0 saturated heterocycles. The van der Waals surface area contributed by atoms with Gasteiger partial charge in [0.15, 0.2) is 23.0 Å². The smallest absolute Gasteiger partial charge is 0.163 e. The van der Waals surface area contributed by atoms with Gasteiger partial charge in [-0.25, -0.2) is 0 Å². The van der Waals surface area contributed by atoms with Crippen molar-refractivity contribution in [3.05, 3.63) is 169 Å². The number of hydrogen-bond donors (Lipinski definition) is 0. The maximum atomic E-state index is 6.69. The zero-order chi connectivity index (χ0) is 42.5. The fourth-order valence-corrected chi connectivity index (χ4v) is 9.61. The third-order valence-electron chi connectivity index (χ3n) is 12.7. The third-order valence-corrected chi connectivity index (χ3v) is 12.7. The molecule has 0 saturated carbocycles. The average molecular weight is 837 g/mol. The molecule has 13 rings (SSSR count). The predicted molar refractivity (Wildman–Crippen MR) is 257 cm³/mol. The lowest BCUT2D eigenvalue weighted by Crippen LogP contribution is -2.16. The van der Waals surface area contributed by atoms with Crippen molar-refractivity contribution in [1.29, 1.82) is 0 Å². The Morgan fingerprint density at radius 1 is 0.328 bits per heavy atom. The van der Waals surface area contributed by atoms with Crippen molar-refractivity contribution in [1.82, 2.24) is 0 Å². The van der Waals surface area contributed by atoms with Gasteiger partial charge >= 0.3 is 0 Å². The maximum absolute atomic E-state index is 6.69. The number of anilines is 6. The van der Waals surface area contributed by atoms with Crippen LogP contribution in [0, 0.1) is 13.8 Å². The third kappa shape index (κ3) is 5.90. The SMILES string of the molecule is Cc1ccccc1N(c1ccc2c(c1)OCCO2)c1ccc2cc3c(cc2c1)oc1cc2c(cc13)oc1cc3cc(N(c4ccc5c(c4)OCCO5)c4ccccc4C)ccc3cc12. The monoisotopic (exact) mass is 836 g/mol. The van der Waals surface area contributed by atoms with Crippen LogP contribution < -0.4 is 28.7 Å². The van der Waals surface area contributed by atoms with Crippen molar-refractivity contribution in [2.24, 2.45) is 0 Å². The second-order valence-electron chi connectivity index (χ2n) is 16.7. The fourth-order valence-electron chi connectivity index (χ4n) is 9.61. The van der Waals surface area contributed by atoms with E-state index in [2.05, 4.69) is 169 Å². The Hall–Kier alpha value is -8.10. The van der Waals surface area contributed by atoms with Gasteiger partial charge in [-0.3, -0.25) is 0 Å². The van der Waals surface area contributed by atoms with E-state index in [9.17, 15) is 0 Å². The summed E-state index contributed by atoms with van der Waals surface area (Å²) in [6, 6.07) is 55.5. The molecule has 0 unspecified atom stereocenters. The Bertz CT molecular complexity index is 3450. The van der Waals surface area contributed by atoms with E-state index in [1.165, 1.54) is 0 Å². The molecule has 4 heterocycles. The molecule has 2 aliphatic heterocycles. The first-order valence-corrected chi connectivity index (χ1v) is 21.7. The minimum Gasteiger partial charge on any atom is -0.486 e. The maximum Gasteiger partial charge on any atom is 0.163 e. The van der Waals surface area contributed by atoms with Gasteiger partial charge in [-0.2, -0.15) is 0 Å². The second-order valence-corrected chi connectivity index (χ2v) is 16.7. The molecule has 0 aliphatic carbocycles. The quantitative estimate of drug-likeness (QED) is 0.164. The van der Waals surface area contributed by atoms with Crippen LogP contribution in [0.15, 0.2) is 167 Å². The highest BCUT2D eigenvalue weighted by Gasteiger charge is 2.22. The van der Waals surface area contributed by atoms with Crippen LogP contribution in [-0.4, -0.2) is 26.4 Å². The molecular weight excluding hydrogens is 797 g/mol. The minimum atomic E-state index is 0.531. The van der Waals surface area contributed by atoms with Crippen LogP contribution in [0.25, 0.3) is 65.4 Å². The first-order chi connectivity index (χ1) is 31.5. The van der Waals surface area contributed by atoms with Gasteiger partial charge in [0, 0.05) is 56.4 Å². The van der Waals surface area contributed by atoms with Crippen molar-refractivity contribution in [3.63, 3.8) is 0 Å². The van der Waals surface area contributed by atoms with Gasteiger partial charge in [0.1, 0.15) is 48.8 Å².